The van der Waals surface area contributed by atoms with Crippen LogP contribution >= 0.6 is 11.3 Å². The van der Waals surface area contributed by atoms with Crippen LogP contribution < -0.4 is 10.2 Å². The maximum atomic E-state index is 12.8. The number of fused-ring (bicyclic) bond motifs is 1. The Kier molecular flexibility index (Phi) is 5.40. The highest BCUT2D eigenvalue weighted by molar-refractivity contribution is 7.19. The van der Waals surface area contributed by atoms with Crippen LogP contribution in [-0.4, -0.2) is 25.0 Å². The first kappa shape index (κ1) is 18.9. The number of hydrogen-bond donors (Lipinski definition) is 1. The van der Waals surface area contributed by atoms with Gasteiger partial charge in [0.15, 0.2) is 0 Å². The summed E-state index contributed by atoms with van der Waals surface area (Å²) in [5.74, 6) is -0.152. The highest BCUT2D eigenvalue weighted by Crippen LogP contribution is 2.27. The Morgan fingerprint density at radius 2 is 1.62 bits per heavy atom. The molecule has 0 radical (unpaired) electrons. The fourth-order valence-corrected chi connectivity index (χ4v) is 3.90. The van der Waals surface area contributed by atoms with Crippen molar-refractivity contribution in [3.63, 3.8) is 0 Å². The lowest BCUT2D eigenvalue weighted by molar-refractivity contribution is 0.0974. The van der Waals surface area contributed by atoms with Crippen LogP contribution in [0.2, 0.25) is 0 Å². The summed E-state index contributed by atoms with van der Waals surface area (Å²) >= 11 is 1.57. The van der Waals surface area contributed by atoms with Gasteiger partial charge < -0.3 is 10.2 Å². The number of para-hydroxylation sites is 1. The van der Waals surface area contributed by atoms with E-state index in [1.807, 2.05) is 74.8 Å². The van der Waals surface area contributed by atoms with Crippen LogP contribution in [0.4, 0.5) is 5.69 Å². The quantitative estimate of drug-likeness (QED) is 0.496. The summed E-state index contributed by atoms with van der Waals surface area (Å²) in [6, 6.07) is 25.4. The zero-order chi connectivity index (χ0) is 20.2. The molecule has 1 N–H and O–H groups in total. The van der Waals surface area contributed by atoms with Crippen LogP contribution in [-0.2, 0) is 0 Å². The topological polar surface area (TPSA) is 45.2 Å². The summed E-state index contributed by atoms with van der Waals surface area (Å²) in [5, 5.41) is 3.84. The molecule has 0 unspecified atom stereocenters. The molecule has 1 heterocycles. The minimum Gasteiger partial charge on any atom is -0.378 e. The molecule has 29 heavy (non-hydrogen) atoms. The van der Waals surface area contributed by atoms with Gasteiger partial charge in [-0.3, -0.25) is 4.79 Å². The van der Waals surface area contributed by atoms with E-state index in [4.69, 9.17) is 4.98 Å². The number of anilines is 1. The van der Waals surface area contributed by atoms with Gasteiger partial charge in [0.25, 0.3) is 5.91 Å². The van der Waals surface area contributed by atoms with Crippen LogP contribution in [0.25, 0.3) is 22.0 Å². The zero-order valence-corrected chi connectivity index (χ0v) is 17.1. The Morgan fingerprint density at radius 3 is 2.31 bits per heavy atom. The fraction of sp³-hybridized carbons (Fsp3) is 0.0833. The Labute approximate surface area is 174 Å². The summed E-state index contributed by atoms with van der Waals surface area (Å²) in [6.07, 6.45) is 1.97. The van der Waals surface area contributed by atoms with Crippen molar-refractivity contribution in [2.75, 3.05) is 19.0 Å². The summed E-state index contributed by atoms with van der Waals surface area (Å²) in [4.78, 5) is 19.6. The predicted molar refractivity (Wildman–Crippen MR) is 122 cm³/mol. The van der Waals surface area contributed by atoms with Crippen LogP contribution in [0.15, 0.2) is 78.9 Å². The molecule has 1 amide bonds. The van der Waals surface area contributed by atoms with E-state index in [1.165, 1.54) is 0 Å². The summed E-state index contributed by atoms with van der Waals surface area (Å²) in [7, 11) is 4.02. The van der Waals surface area contributed by atoms with Crippen LogP contribution in [0.3, 0.4) is 0 Å². The number of thiazole rings is 1. The van der Waals surface area contributed by atoms with Gasteiger partial charge in [0.1, 0.15) is 5.01 Å². The first-order valence-electron chi connectivity index (χ1n) is 9.31. The number of aromatic nitrogens is 1. The number of benzene rings is 3. The number of amides is 1. The number of rotatable bonds is 5. The lowest BCUT2D eigenvalue weighted by Gasteiger charge is -2.12. The molecule has 0 saturated heterocycles. The monoisotopic (exact) mass is 399 g/mol. The molecule has 4 rings (SSSR count). The number of carbonyl (C=O) groups excluding carboxylic acids is 1. The molecule has 0 aliphatic carbocycles. The largest absolute Gasteiger partial charge is 0.378 e. The molecule has 5 heteroatoms. The maximum Gasteiger partial charge on any atom is 0.255 e. The van der Waals surface area contributed by atoms with Crippen LogP contribution in [0, 0.1) is 0 Å². The van der Waals surface area contributed by atoms with Gasteiger partial charge in [-0.1, -0.05) is 42.5 Å². The highest BCUT2D eigenvalue weighted by atomic mass is 32.1. The molecular formula is C24H21N3OS. The lowest BCUT2D eigenvalue weighted by Crippen LogP contribution is -2.21. The van der Waals surface area contributed by atoms with E-state index in [2.05, 4.69) is 22.3 Å². The van der Waals surface area contributed by atoms with Gasteiger partial charge in [0.2, 0.25) is 0 Å². The van der Waals surface area contributed by atoms with Crippen molar-refractivity contribution < 1.29 is 4.79 Å². The molecule has 0 aliphatic heterocycles. The second kappa shape index (κ2) is 8.29. The van der Waals surface area contributed by atoms with Crippen molar-refractivity contribution in [3.05, 3.63) is 95.0 Å². The van der Waals surface area contributed by atoms with E-state index < -0.39 is 0 Å². The third-order valence-electron chi connectivity index (χ3n) is 4.53. The van der Waals surface area contributed by atoms with E-state index >= 15 is 0 Å². The van der Waals surface area contributed by atoms with E-state index in [0.717, 1.165) is 26.5 Å². The van der Waals surface area contributed by atoms with Crippen molar-refractivity contribution >= 4 is 44.9 Å². The van der Waals surface area contributed by atoms with Crippen LogP contribution in [0.1, 0.15) is 20.9 Å². The second-order valence-electron chi connectivity index (χ2n) is 6.85. The first-order valence-corrected chi connectivity index (χ1v) is 10.1. The van der Waals surface area contributed by atoms with Gasteiger partial charge in [-0.05, 0) is 48.0 Å². The predicted octanol–water partition coefficient (Wildman–Crippen LogP) is 5.29. The molecule has 0 saturated carbocycles. The summed E-state index contributed by atoms with van der Waals surface area (Å²) < 4.78 is 1.09. The van der Waals surface area contributed by atoms with Crippen LogP contribution in [0.5, 0.6) is 0 Å². The van der Waals surface area contributed by atoms with Crippen molar-refractivity contribution in [2.45, 2.75) is 0 Å². The molecule has 3 aromatic carbocycles. The SMILES string of the molecule is CN(C)c1ccc(/C=C(\NC(=O)c2ccccc2)c2nc3ccccc3s2)cc1. The van der Waals surface area contributed by atoms with Gasteiger partial charge in [0, 0.05) is 25.3 Å². The van der Waals surface area contributed by atoms with E-state index in [-0.39, 0.29) is 5.91 Å². The molecule has 0 spiro atoms. The molecule has 0 fully saturated rings. The Balaban J connectivity index is 1.72. The van der Waals surface area contributed by atoms with E-state index in [1.54, 1.807) is 23.5 Å². The number of carbonyl (C=O) groups is 1. The molecule has 4 aromatic rings. The second-order valence-corrected chi connectivity index (χ2v) is 7.88. The van der Waals surface area contributed by atoms with Gasteiger partial charge in [-0.2, -0.15) is 0 Å². The van der Waals surface area contributed by atoms with E-state index in [9.17, 15) is 4.79 Å². The standard InChI is InChI=1S/C24H21N3OS/c1-27(2)19-14-12-17(13-15-19)16-21(25-23(28)18-8-4-3-5-9-18)24-26-20-10-6-7-11-22(20)29-24/h3-16H,1-2H3,(H,25,28)/b21-16-. The molecule has 0 atom stereocenters. The third-order valence-corrected chi connectivity index (χ3v) is 5.60. The Bertz CT molecular complexity index is 1130. The minimum absolute atomic E-state index is 0.152. The van der Waals surface area contributed by atoms with Gasteiger partial charge in [-0.15, -0.1) is 11.3 Å². The zero-order valence-electron chi connectivity index (χ0n) is 16.3. The van der Waals surface area contributed by atoms with Gasteiger partial charge in [-0.25, -0.2) is 4.98 Å². The Hall–Kier alpha value is -3.44. The summed E-state index contributed by atoms with van der Waals surface area (Å²) in [5.41, 5.74) is 4.35. The number of nitrogens with one attached hydrogen (secondary N) is 1. The van der Waals surface area contributed by atoms with Gasteiger partial charge in [0.05, 0.1) is 15.9 Å². The van der Waals surface area contributed by atoms with Crippen molar-refractivity contribution in [1.29, 1.82) is 0 Å². The van der Waals surface area contributed by atoms with E-state index in [0.29, 0.717) is 11.3 Å². The molecule has 4 nitrogen and oxygen atoms in total. The average molecular weight is 400 g/mol. The molecular weight excluding hydrogens is 378 g/mol. The average Bonchev–Trinajstić information content (AvgIpc) is 3.18. The van der Waals surface area contributed by atoms with Crippen molar-refractivity contribution in [1.82, 2.24) is 10.3 Å². The molecule has 0 aliphatic rings. The Morgan fingerprint density at radius 1 is 0.931 bits per heavy atom. The lowest BCUT2D eigenvalue weighted by atomic mass is 10.1. The fourth-order valence-electron chi connectivity index (χ4n) is 2.96. The molecule has 1 aromatic heterocycles. The normalized spacial score (nSPS) is 11.4. The summed E-state index contributed by atoms with van der Waals surface area (Å²) in [6.45, 7) is 0. The smallest absolute Gasteiger partial charge is 0.255 e. The minimum atomic E-state index is -0.152. The first-order chi connectivity index (χ1) is 14.1. The maximum absolute atomic E-state index is 12.8. The number of nitrogens with zero attached hydrogens (tertiary/aromatic N) is 2. The van der Waals surface area contributed by atoms with Gasteiger partial charge >= 0.3 is 0 Å². The van der Waals surface area contributed by atoms with Crippen molar-refractivity contribution in [2.24, 2.45) is 0 Å². The number of hydrogen-bond acceptors (Lipinski definition) is 4. The molecule has 0 bridgehead atoms. The highest BCUT2D eigenvalue weighted by Gasteiger charge is 2.13. The van der Waals surface area contributed by atoms with Crippen molar-refractivity contribution in [3.8, 4) is 0 Å². The molecule has 144 valence electrons. The third kappa shape index (κ3) is 4.36.